The lowest BCUT2D eigenvalue weighted by molar-refractivity contribution is 0.485. The molecule has 5 nitrogen and oxygen atoms in total. The predicted octanol–water partition coefficient (Wildman–Crippen LogP) is -0.869. The molecule has 0 fully saturated rings. The van der Waals surface area contributed by atoms with E-state index < -0.39 is 25.4 Å². The van der Waals surface area contributed by atoms with Crippen molar-refractivity contribution in [1.29, 1.82) is 0 Å². The van der Waals surface area contributed by atoms with Gasteiger partial charge in [-0.15, -0.1) is 3.89 Å². The first-order valence-electron chi connectivity index (χ1n) is 1.58. The fourth-order valence-electron chi connectivity index (χ4n) is 0.178. The summed E-state index contributed by atoms with van der Waals surface area (Å²) in [4.78, 5) is 0. The largest absolute Gasteiger partial charge is 0.319 e. The van der Waals surface area contributed by atoms with Gasteiger partial charge in [0.1, 0.15) is 0 Å². The minimum Gasteiger partial charge on any atom is -0.285 e. The quantitative estimate of drug-likeness (QED) is 0.438. The maximum atomic E-state index is 11.3. The first-order chi connectivity index (χ1) is 3.71. The molecule has 56 valence electrons. The zero-order chi connectivity index (χ0) is 7.71. The van der Waals surface area contributed by atoms with Crippen LogP contribution < -0.4 is 0 Å². The van der Waals surface area contributed by atoms with Gasteiger partial charge in [0, 0.05) is 0 Å². The topological polar surface area (TPSA) is 88.5 Å². The van der Waals surface area contributed by atoms with Crippen LogP contribution in [-0.2, 0) is 20.3 Å². The molecule has 0 radical (unpaired) electrons. The van der Waals surface area contributed by atoms with Crippen LogP contribution in [0, 0.1) is 0 Å². The van der Waals surface area contributed by atoms with Crippen LogP contribution in [0.5, 0.6) is 0 Å². The molecular weight excluding hydrogens is 175 g/mol. The first kappa shape index (κ1) is 8.79. The highest BCUT2D eigenvalue weighted by Gasteiger charge is 2.17. The average molecular weight is 178 g/mol. The van der Waals surface area contributed by atoms with E-state index in [2.05, 4.69) is 0 Å². The van der Waals surface area contributed by atoms with E-state index in [1.165, 1.54) is 0 Å². The van der Waals surface area contributed by atoms with Crippen LogP contribution in [0.1, 0.15) is 0 Å². The summed E-state index contributed by atoms with van der Waals surface area (Å²) in [5.41, 5.74) is 0. The second kappa shape index (κ2) is 2.20. The summed E-state index contributed by atoms with van der Waals surface area (Å²) in [6.45, 7) is 0. The van der Waals surface area contributed by atoms with E-state index in [0.29, 0.717) is 0 Å². The van der Waals surface area contributed by atoms with Crippen molar-refractivity contribution in [2.75, 3.05) is 5.08 Å². The van der Waals surface area contributed by atoms with Crippen LogP contribution in [0.2, 0.25) is 0 Å². The Morgan fingerprint density at radius 3 is 1.56 bits per heavy atom. The summed E-state index contributed by atoms with van der Waals surface area (Å²) < 4.78 is 57.1. The molecule has 8 heteroatoms. The molecule has 0 aromatic heterocycles. The normalized spacial score (nSPS) is 13.6. The van der Waals surface area contributed by atoms with Crippen LogP contribution in [0.15, 0.2) is 0 Å². The van der Waals surface area contributed by atoms with Crippen molar-refractivity contribution in [3.8, 4) is 0 Å². The molecule has 0 unspecified atom stereocenters. The number of hydrogen-bond donors (Lipinski definition) is 1. The van der Waals surface area contributed by atoms with E-state index in [1.807, 2.05) is 0 Å². The summed E-state index contributed by atoms with van der Waals surface area (Å²) in [5, 5.41) is -1.88. The monoisotopic (exact) mass is 178 g/mol. The fourth-order valence-corrected chi connectivity index (χ4v) is 1.60. The maximum Gasteiger partial charge on any atom is 0.319 e. The van der Waals surface area contributed by atoms with E-state index in [4.69, 9.17) is 4.55 Å². The summed E-state index contributed by atoms with van der Waals surface area (Å²) in [6.07, 6.45) is 0. The molecule has 0 heterocycles. The van der Waals surface area contributed by atoms with Crippen LogP contribution >= 0.6 is 0 Å². The molecule has 0 aromatic carbocycles. The molecule has 0 bridgehead atoms. The zero-order valence-corrected chi connectivity index (χ0v) is 5.61. The Balaban J connectivity index is 4.46. The highest BCUT2D eigenvalue weighted by Crippen LogP contribution is 1.94. The zero-order valence-electron chi connectivity index (χ0n) is 3.98. The van der Waals surface area contributed by atoms with Crippen molar-refractivity contribution in [3.05, 3.63) is 0 Å². The van der Waals surface area contributed by atoms with Crippen molar-refractivity contribution in [2.24, 2.45) is 0 Å². The van der Waals surface area contributed by atoms with E-state index in [0.717, 1.165) is 0 Å². The van der Waals surface area contributed by atoms with Crippen molar-refractivity contribution >= 4 is 20.3 Å². The van der Waals surface area contributed by atoms with Gasteiger partial charge in [-0.2, -0.15) is 16.8 Å². The van der Waals surface area contributed by atoms with Crippen LogP contribution in [0.4, 0.5) is 3.89 Å². The van der Waals surface area contributed by atoms with Crippen molar-refractivity contribution in [2.45, 2.75) is 0 Å². The summed E-state index contributed by atoms with van der Waals surface area (Å²) >= 11 is 0. The van der Waals surface area contributed by atoms with Gasteiger partial charge >= 0.3 is 10.2 Å². The fraction of sp³-hybridized carbons (Fsp3) is 1.00. The maximum absolute atomic E-state index is 11.3. The van der Waals surface area contributed by atoms with Crippen LogP contribution in [0.25, 0.3) is 0 Å². The van der Waals surface area contributed by atoms with Gasteiger partial charge < -0.3 is 0 Å². The van der Waals surface area contributed by atoms with Crippen LogP contribution in [-0.4, -0.2) is 26.5 Å². The summed E-state index contributed by atoms with van der Waals surface area (Å²) in [7, 11) is -9.86. The Kier molecular flexibility index (Phi) is 2.14. The molecule has 0 saturated heterocycles. The van der Waals surface area contributed by atoms with Gasteiger partial charge in [0.05, 0.1) is 0 Å². The highest BCUT2D eigenvalue weighted by atomic mass is 32.3. The molecule has 0 spiro atoms. The molecule has 1 N–H and O–H groups in total. The van der Waals surface area contributed by atoms with Crippen molar-refractivity contribution < 1.29 is 25.3 Å². The van der Waals surface area contributed by atoms with Gasteiger partial charge in [-0.05, 0) is 0 Å². The third-order valence-corrected chi connectivity index (χ3v) is 2.61. The van der Waals surface area contributed by atoms with Gasteiger partial charge in [0.25, 0.3) is 10.1 Å². The van der Waals surface area contributed by atoms with E-state index in [-0.39, 0.29) is 0 Å². The predicted molar refractivity (Wildman–Crippen MR) is 26.4 cm³/mol. The Morgan fingerprint density at radius 1 is 1.22 bits per heavy atom. The van der Waals surface area contributed by atoms with Gasteiger partial charge in [-0.25, -0.2) is 0 Å². The second-order valence-electron chi connectivity index (χ2n) is 1.24. The highest BCUT2D eigenvalue weighted by molar-refractivity contribution is 8.03. The van der Waals surface area contributed by atoms with E-state index in [1.54, 1.807) is 0 Å². The van der Waals surface area contributed by atoms with Gasteiger partial charge in [0.2, 0.25) is 5.08 Å². The van der Waals surface area contributed by atoms with Crippen molar-refractivity contribution in [1.82, 2.24) is 0 Å². The minimum absolute atomic E-state index is 1.88. The molecular formula is CH3FO5S2. The molecule has 0 rings (SSSR count). The van der Waals surface area contributed by atoms with Crippen molar-refractivity contribution in [3.63, 3.8) is 0 Å². The smallest absolute Gasteiger partial charge is 0.285 e. The number of hydrogen-bond acceptors (Lipinski definition) is 4. The van der Waals surface area contributed by atoms with Gasteiger partial charge in [-0.1, -0.05) is 0 Å². The average Bonchev–Trinajstić information content (AvgIpc) is 1.14. The van der Waals surface area contributed by atoms with E-state index >= 15 is 0 Å². The molecule has 0 amide bonds. The van der Waals surface area contributed by atoms with Gasteiger partial charge in [-0.3, -0.25) is 4.55 Å². The number of rotatable bonds is 2. The molecule has 0 aliphatic heterocycles. The molecule has 0 aromatic rings. The standard InChI is InChI=1S/CH3FO5S2/c2-8(3,4)1-9(5,6)7/h1H2,(H,5,6,7). The Morgan fingerprint density at radius 2 is 1.56 bits per heavy atom. The SMILES string of the molecule is O=S(=O)(O)CS(=O)(=O)F. The molecule has 9 heavy (non-hydrogen) atoms. The summed E-state index contributed by atoms with van der Waals surface area (Å²) in [5.74, 6) is 0. The van der Waals surface area contributed by atoms with Gasteiger partial charge in [0.15, 0.2) is 0 Å². The van der Waals surface area contributed by atoms with E-state index in [9.17, 15) is 20.7 Å². The lowest BCUT2D eigenvalue weighted by Gasteiger charge is -1.86. The third-order valence-electron chi connectivity index (χ3n) is 0.290. The minimum atomic E-state index is -5.12. The second-order valence-corrected chi connectivity index (χ2v) is 4.42. The molecule has 0 saturated carbocycles. The lowest BCUT2D eigenvalue weighted by Crippen LogP contribution is -2.10. The first-order valence-corrected chi connectivity index (χ1v) is 4.74. The lowest BCUT2D eigenvalue weighted by atomic mass is 11.9. The molecule has 0 atom stereocenters. The Labute approximate surface area is 51.5 Å². The Hall–Kier alpha value is -0.210. The molecule has 0 aliphatic carbocycles. The third kappa shape index (κ3) is 7.79. The summed E-state index contributed by atoms with van der Waals surface area (Å²) in [6, 6.07) is 0. The number of halogens is 1. The van der Waals surface area contributed by atoms with Crippen LogP contribution in [0.3, 0.4) is 0 Å². The Bertz CT molecular complexity index is 240. The molecule has 0 aliphatic rings.